The van der Waals surface area contributed by atoms with Crippen LogP contribution in [0.25, 0.3) is 0 Å². The molecule has 1 aromatic carbocycles. The molecular formula is C11H16Cl2F3NO. The lowest BCUT2D eigenvalue weighted by atomic mass is 10.1. The molecule has 7 heteroatoms. The van der Waals surface area contributed by atoms with Crippen molar-refractivity contribution in [3.63, 3.8) is 0 Å². The van der Waals surface area contributed by atoms with Crippen molar-refractivity contribution in [1.82, 2.24) is 0 Å². The van der Waals surface area contributed by atoms with Gasteiger partial charge < -0.3 is 10.5 Å². The summed E-state index contributed by atoms with van der Waals surface area (Å²) >= 11 is 0. The molecule has 0 aliphatic carbocycles. The van der Waals surface area contributed by atoms with E-state index in [1.54, 1.807) is 6.07 Å². The Bertz CT molecular complexity index is 364. The van der Waals surface area contributed by atoms with Crippen LogP contribution < -0.4 is 10.5 Å². The topological polar surface area (TPSA) is 35.2 Å². The smallest absolute Gasteiger partial charge is 0.272 e. The van der Waals surface area contributed by atoms with Gasteiger partial charge >= 0.3 is 0 Å². The average molecular weight is 306 g/mol. The van der Waals surface area contributed by atoms with Gasteiger partial charge in [-0.3, -0.25) is 0 Å². The summed E-state index contributed by atoms with van der Waals surface area (Å²) in [5.74, 6) is -0.805. The summed E-state index contributed by atoms with van der Waals surface area (Å²) in [5, 5.41) is 0. The molecule has 0 spiro atoms. The van der Waals surface area contributed by atoms with Crippen LogP contribution in [-0.2, 0) is 6.42 Å². The zero-order chi connectivity index (χ0) is 12.1. The van der Waals surface area contributed by atoms with Gasteiger partial charge in [0.1, 0.15) is 6.61 Å². The molecule has 1 rings (SSSR count). The van der Waals surface area contributed by atoms with Crippen LogP contribution in [0, 0.1) is 5.82 Å². The number of benzene rings is 1. The van der Waals surface area contributed by atoms with Gasteiger partial charge in [0.25, 0.3) is 6.43 Å². The van der Waals surface area contributed by atoms with Crippen molar-refractivity contribution >= 4 is 30.5 Å². The Hall–Kier alpha value is -0.810. The third kappa shape index (κ3) is 5.69. The number of hydrogen-bond acceptors (Lipinski definition) is 2. The maximum absolute atomic E-state index is 13.4. The third-order valence-corrected chi connectivity index (χ3v) is 2.02. The number of hydrogen-bond donors (Lipinski definition) is 1. The summed E-state index contributed by atoms with van der Waals surface area (Å²) in [4.78, 5) is 0. The number of ether oxygens (including phenoxy) is 1. The van der Waals surface area contributed by atoms with Crippen LogP contribution in [0.4, 0.5) is 18.9 Å². The van der Waals surface area contributed by atoms with Gasteiger partial charge in [-0.05, 0) is 18.1 Å². The number of aryl methyl sites for hydroxylation is 1. The fourth-order valence-electron chi connectivity index (χ4n) is 1.44. The number of halogens is 5. The van der Waals surface area contributed by atoms with E-state index < -0.39 is 18.8 Å². The Balaban J connectivity index is 0. The summed E-state index contributed by atoms with van der Waals surface area (Å²) in [6, 6.07) is 2.62. The molecule has 0 unspecified atom stereocenters. The molecule has 0 radical (unpaired) electrons. The first kappa shape index (κ1) is 19.5. The average Bonchev–Trinajstić information content (AvgIpc) is 2.16. The summed E-state index contributed by atoms with van der Waals surface area (Å²) in [7, 11) is 0. The molecule has 0 aromatic heterocycles. The molecule has 0 bridgehead atoms. The first-order valence-electron chi connectivity index (χ1n) is 5.03. The molecule has 0 saturated carbocycles. The molecule has 0 amide bonds. The fourth-order valence-corrected chi connectivity index (χ4v) is 1.44. The lowest BCUT2D eigenvalue weighted by molar-refractivity contribution is 0.0794. The van der Waals surface area contributed by atoms with Gasteiger partial charge in [0.2, 0.25) is 0 Å². The molecule has 106 valence electrons. The summed E-state index contributed by atoms with van der Waals surface area (Å²) < 4.78 is 42.1. The van der Waals surface area contributed by atoms with E-state index in [9.17, 15) is 13.2 Å². The monoisotopic (exact) mass is 305 g/mol. The number of nitrogens with two attached hydrogens (primary N) is 1. The van der Waals surface area contributed by atoms with Crippen molar-refractivity contribution in [2.24, 2.45) is 0 Å². The Morgan fingerprint density at radius 2 is 1.89 bits per heavy atom. The minimum atomic E-state index is -2.62. The molecular weight excluding hydrogens is 290 g/mol. The van der Waals surface area contributed by atoms with Crippen LogP contribution in [0.15, 0.2) is 12.1 Å². The lowest BCUT2D eigenvalue weighted by Gasteiger charge is -2.12. The van der Waals surface area contributed by atoms with E-state index in [1.807, 2.05) is 6.92 Å². The van der Waals surface area contributed by atoms with Crippen LogP contribution in [-0.4, -0.2) is 13.0 Å². The summed E-state index contributed by atoms with van der Waals surface area (Å²) in [6.45, 7) is 1.09. The zero-order valence-corrected chi connectivity index (χ0v) is 11.4. The van der Waals surface area contributed by atoms with E-state index in [0.717, 1.165) is 12.5 Å². The van der Waals surface area contributed by atoms with Crippen LogP contribution in [0.3, 0.4) is 0 Å². The second-order valence-corrected chi connectivity index (χ2v) is 3.44. The minimum Gasteiger partial charge on any atom is -0.484 e. The molecule has 0 fully saturated rings. The van der Waals surface area contributed by atoms with Gasteiger partial charge in [0, 0.05) is 11.8 Å². The standard InChI is InChI=1S/C11H14F3NO.2ClH/c1-2-3-7-4-8(15)5-9(12)11(7)16-6-10(13)14;;/h4-5,10H,2-3,6,15H2,1H3;2*1H. The highest BCUT2D eigenvalue weighted by Crippen LogP contribution is 2.27. The van der Waals surface area contributed by atoms with Crippen LogP contribution in [0.5, 0.6) is 5.75 Å². The van der Waals surface area contributed by atoms with Gasteiger partial charge in [0.05, 0.1) is 0 Å². The van der Waals surface area contributed by atoms with Gasteiger partial charge in [-0.25, -0.2) is 13.2 Å². The van der Waals surface area contributed by atoms with Crippen molar-refractivity contribution in [1.29, 1.82) is 0 Å². The number of anilines is 1. The Morgan fingerprint density at radius 1 is 1.28 bits per heavy atom. The van der Waals surface area contributed by atoms with E-state index in [1.165, 1.54) is 0 Å². The molecule has 0 heterocycles. The summed E-state index contributed by atoms with van der Waals surface area (Å²) in [5.41, 5.74) is 6.27. The highest BCUT2D eigenvalue weighted by Gasteiger charge is 2.13. The number of rotatable bonds is 5. The lowest BCUT2D eigenvalue weighted by Crippen LogP contribution is -2.10. The first-order valence-corrected chi connectivity index (χ1v) is 5.03. The minimum absolute atomic E-state index is 0. The Labute approximate surface area is 117 Å². The SMILES string of the molecule is CCCc1cc(N)cc(F)c1OCC(F)F.Cl.Cl. The van der Waals surface area contributed by atoms with Gasteiger partial charge in [-0.1, -0.05) is 13.3 Å². The number of nitrogen functional groups attached to an aromatic ring is 1. The van der Waals surface area contributed by atoms with Crippen LogP contribution in [0.2, 0.25) is 0 Å². The van der Waals surface area contributed by atoms with Gasteiger partial charge in [-0.15, -0.1) is 24.8 Å². The molecule has 1 aromatic rings. The maximum atomic E-state index is 13.4. The maximum Gasteiger partial charge on any atom is 0.272 e. The van der Waals surface area contributed by atoms with E-state index in [0.29, 0.717) is 12.0 Å². The molecule has 0 aliphatic rings. The van der Waals surface area contributed by atoms with Crippen LogP contribution >= 0.6 is 24.8 Å². The van der Waals surface area contributed by atoms with Gasteiger partial charge in [-0.2, -0.15) is 0 Å². The quantitative estimate of drug-likeness (QED) is 0.839. The molecule has 0 saturated heterocycles. The third-order valence-electron chi connectivity index (χ3n) is 2.02. The van der Waals surface area contributed by atoms with E-state index in [-0.39, 0.29) is 36.3 Å². The van der Waals surface area contributed by atoms with E-state index in [4.69, 9.17) is 10.5 Å². The van der Waals surface area contributed by atoms with E-state index >= 15 is 0 Å². The second-order valence-electron chi connectivity index (χ2n) is 3.44. The number of alkyl halides is 2. The predicted octanol–water partition coefficient (Wildman–Crippen LogP) is 3.85. The molecule has 18 heavy (non-hydrogen) atoms. The van der Waals surface area contributed by atoms with Crippen molar-refractivity contribution in [3.8, 4) is 5.75 Å². The zero-order valence-electron chi connectivity index (χ0n) is 9.79. The molecule has 2 N–H and O–H groups in total. The highest BCUT2D eigenvalue weighted by molar-refractivity contribution is 5.85. The Kier molecular flexibility index (Phi) is 9.94. The first-order chi connectivity index (χ1) is 7.54. The second kappa shape index (κ2) is 9.16. The summed E-state index contributed by atoms with van der Waals surface area (Å²) in [6.07, 6.45) is -1.32. The fraction of sp³-hybridized carbons (Fsp3) is 0.455. The predicted molar refractivity (Wildman–Crippen MR) is 70.8 cm³/mol. The van der Waals surface area contributed by atoms with E-state index in [2.05, 4.69) is 0 Å². The van der Waals surface area contributed by atoms with Crippen LogP contribution in [0.1, 0.15) is 18.9 Å². The highest BCUT2D eigenvalue weighted by atomic mass is 35.5. The van der Waals surface area contributed by atoms with Crippen molar-refractivity contribution in [3.05, 3.63) is 23.5 Å². The molecule has 0 aliphatic heterocycles. The van der Waals surface area contributed by atoms with Crippen molar-refractivity contribution in [2.75, 3.05) is 12.3 Å². The largest absolute Gasteiger partial charge is 0.484 e. The molecule has 2 nitrogen and oxygen atoms in total. The van der Waals surface area contributed by atoms with Crippen molar-refractivity contribution in [2.45, 2.75) is 26.2 Å². The van der Waals surface area contributed by atoms with Crippen molar-refractivity contribution < 1.29 is 17.9 Å². The normalized spacial score (nSPS) is 9.61. The molecule has 0 atom stereocenters. The van der Waals surface area contributed by atoms with Gasteiger partial charge in [0.15, 0.2) is 11.6 Å². The Morgan fingerprint density at radius 3 is 2.39 bits per heavy atom.